The van der Waals surface area contributed by atoms with E-state index in [1.54, 1.807) is 0 Å². The summed E-state index contributed by atoms with van der Waals surface area (Å²) < 4.78 is 0. The highest BCUT2D eigenvalue weighted by molar-refractivity contribution is 5.80. The Morgan fingerprint density at radius 2 is 1.82 bits per heavy atom. The van der Waals surface area contributed by atoms with Crippen molar-refractivity contribution in [2.75, 3.05) is 6.54 Å². The van der Waals surface area contributed by atoms with Gasteiger partial charge in [0.2, 0.25) is 0 Å². The fourth-order valence-corrected chi connectivity index (χ4v) is 1.81. The molecule has 0 heterocycles. The summed E-state index contributed by atoms with van der Waals surface area (Å²) in [6.07, 6.45) is 7.11. The minimum Gasteiger partial charge on any atom is -0.409 e. The second-order valence-corrected chi connectivity index (χ2v) is 5.25. The molecule has 0 fully saturated rings. The maximum Gasteiger partial charge on any atom is 0.140 e. The fraction of sp³-hybridized carbons (Fsp3) is 0.923. The molecule has 0 bridgehead atoms. The second-order valence-electron chi connectivity index (χ2n) is 5.25. The Hall–Kier alpha value is -0.770. The molecule has 4 N–H and O–H groups in total. The fourth-order valence-electron chi connectivity index (χ4n) is 1.81. The summed E-state index contributed by atoms with van der Waals surface area (Å²) >= 11 is 0. The first-order chi connectivity index (χ1) is 8.06. The normalized spacial score (nSPS) is 14.2. The van der Waals surface area contributed by atoms with Gasteiger partial charge < -0.3 is 16.3 Å². The first kappa shape index (κ1) is 16.2. The molecular formula is C13H29N3O. The average Bonchev–Trinajstić information content (AvgIpc) is 2.27. The molecule has 0 spiro atoms. The number of nitrogens with zero attached hydrogens (tertiary/aromatic N) is 1. The molecule has 1 unspecified atom stereocenters. The maximum atomic E-state index is 8.43. The van der Waals surface area contributed by atoms with Gasteiger partial charge in [-0.1, -0.05) is 44.7 Å². The third-order valence-corrected chi connectivity index (χ3v) is 2.84. The molecule has 0 aromatic rings. The van der Waals surface area contributed by atoms with Gasteiger partial charge in [-0.25, -0.2) is 0 Å². The van der Waals surface area contributed by atoms with Gasteiger partial charge in [0.15, 0.2) is 0 Å². The van der Waals surface area contributed by atoms with Crippen LogP contribution in [0.15, 0.2) is 5.16 Å². The number of rotatable bonds is 10. The highest BCUT2D eigenvalue weighted by Gasteiger charge is 2.03. The van der Waals surface area contributed by atoms with Crippen molar-refractivity contribution in [2.45, 2.75) is 65.3 Å². The molecule has 1 atom stereocenters. The van der Waals surface area contributed by atoms with Gasteiger partial charge in [0.1, 0.15) is 5.84 Å². The Morgan fingerprint density at radius 1 is 1.18 bits per heavy atom. The van der Waals surface area contributed by atoms with Crippen molar-refractivity contribution in [3.05, 3.63) is 0 Å². The van der Waals surface area contributed by atoms with Crippen LogP contribution in [0.4, 0.5) is 0 Å². The molecule has 4 nitrogen and oxygen atoms in total. The Labute approximate surface area is 106 Å². The topological polar surface area (TPSA) is 70.6 Å². The highest BCUT2D eigenvalue weighted by Crippen LogP contribution is 2.09. The van der Waals surface area contributed by atoms with Crippen LogP contribution in [0.1, 0.15) is 59.3 Å². The van der Waals surface area contributed by atoms with E-state index in [0.29, 0.717) is 12.3 Å². The van der Waals surface area contributed by atoms with E-state index in [1.807, 2.05) is 0 Å². The zero-order chi connectivity index (χ0) is 13.1. The monoisotopic (exact) mass is 243 g/mol. The average molecular weight is 243 g/mol. The first-order valence-electron chi connectivity index (χ1n) is 6.76. The molecular weight excluding hydrogens is 214 g/mol. The number of hydrogen-bond acceptors (Lipinski definition) is 3. The van der Waals surface area contributed by atoms with Crippen LogP contribution < -0.4 is 11.1 Å². The minimum absolute atomic E-state index is 0.279. The van der Waals surface area contributed by atoms with Gasteiger partial charge >= 0.3 is 0 Å². The van der Waals surface area contributed by atoms with Gasteiger partial charge in [0, 0.05) is 12.5 Å². The highest BCUT2D eigenvalue weighted by atomic mass is 16.4. The van der Waals surface area contributed by atoms with E-state index < -0.39 is 0 Å². The lowest BCUT2D eigenvalue weighted by molar-refractivity contribution is 0.315. The summed E-state index contributed by atoms with van der Waals surface area (Å²) in [5, 5.41) is 14.8. The number of amidine groups is 1. The molecule has 102 valence electrons. The van der Waals surface area contributed by atoms with E-state index >= 15 is 0 Å². The number of nitrogens with two attached hydrogens (primary N) is 1. The first-order valence-corrected chi connectivity index (χ1v) is 6.76. The van der Waals surface area contributed by atoms with E-state index in [-0.39, 0.29) is 6.04 Å². The van der Waals surface area contributed by atoms with Crippen molar-refractivity contribution >= 4 is 5.84 Å². The predicted octanol–water partition coefficient (Wildman–Crippen LogP) is 2.71. The summed E-state index contributed by atoms with van der Waals surface area (Å²) in [6, 6.07) is 0.279. The molecule has 0 radical (unpaired) electrons. The summed E-state index contributed by atoms with van der Waals surface area (Å²) in [5.74, 6) is 1.12. The van der Waals surface area contributed by atoms with E-state index in [1.165, 1.54) is 32.1 Å². The second kappa shape index (κ2) is 10.4. The van der Waals surface area contributed by atoms with Crippen molar-refractivity contribution in [1.82, 2.24) is 5.32 Å². The Bertz CT molecular complexity index is 205. The van der Waals surface area contributed by atoms with Crippen molar-refractivity contribution < 1.29 is 5.21 Å². The standard InChI is InChI=1S/C13H29N3O/c1-11(2)8-6-4-5-7-9-15-12(3)10-13(14)16-17/h11-12,15,17H,4-10H2,1-3H3,(H2,14,16). The van der Waals surface area contributed by atoms with Crippen LogP contribution in [0.3, 0.4) is 0 Å². The zero-order valence-corrected chi connectivity index (χ0v) is 11.6. The van der Waals surface area contributed by atoms with Crippen LogP contribution in [0.25, 0.3) is 0 Å². The molecule has 0 aliphatic heterocycles. The van der Waals surface area contributed by atoms with Gasteiger partial charge in [0.05, 0.1) is 0 Å². The number of hydrogen-bond donors (Lipinski definition) is 3. The van der Waals surface area contributed by atoms with E-state index in [9.17, 15) is 0 Å². The molecule has 0 aromatic heterocycles. The SMILES string of the molecule is CC(C)CCCCCCNC(C)CC(N)=NO. The molecule has 0 aliphatic carbocycles. The molecule has 0 saturated carbocycles. The summed E-state index contributed by atoms with van der Waals surface area (Å²) in [7, 11) is 0. The van der Waals surface area contributed by atoms with Crippen molar-refractivity contribution in [1.29, 1.82) is 0 Å². The number of unbranched alkanes of at least 4 members (excludes halogenated alkanes) is 3. The predicted molar refractivity (Wildman–Crippen MR) is 73.4 cm³/mol. The zero-order valence-electron chi connectivity index (χ0n) is 11.6. The van der Waals surface area contributed by atoms with Crippen LogP contribution >= 0.6 is 0 Å². The van der Waals surface area contributed by atoms with Crippen LogP contribution in [-0.2, 0) is 0 Å². The van der Waals surface area contributed by atoms with E-state index in [2.05, 4.69) is 31.2 Å². The molecule has 0 aromatic carbocycles. The molecule has 4 heteroatoms. The lowest BCUT2D eigenvalue weighted by Crippen LogP contribution is -2.31. The van der Waals surface area contributed by atoms with E-state index in [0.717, 1.165) is 12.5 Å². The lowest BCUT2D eigenvalue weighted by atomic mass is 10.0. The summed E-state index contributed by atoms with van der Waals surface area (Å²) in [6.45, 7) is 7.62. The quantitative estimate of drug-likeness (QED) is 0.182. The maximum absolute atomic E-state index is 8.43. The smallest absolute Gasteiger partial charge is 0.140 e. The summed E-state index contributed by atoms with van der Waals surface area (Å²) in [5.41, 5.74) is 5.43. The molecule has 0 rings (SSSR count). The van der Waals surface area contributed by atoms with Crippen LogP contribution in [0.2, 0.25) is 0 Å². The molecule has 0 saturated heterocycles. The third-order valence-electron chi connectivity index (χ3n) is 2.84. The Morgan fingerprint density at radius 3 is 2.41 bits per heavy atom. The largest absolute Gasteiger partial charge is 0.409 e. The van der Waals surface area contributed by atoms with Crippen molar-refractivity contribution in [3.8, 4) is 0 Å². The van der Waals surface area contributed by atoms with Crippen LogP contribution in [-0.4, -0.2) is 23.6 Å². The minimum atomic E-state index is 0.279. The molecule has 17 heavy (non-hydrogen) atoms. The van der Waals surface area contributed by atoms with Crippen LogP contribution in [0, 0.1) is 5.92 Å². The van der Waals surface area contributed by atoms with Gasteiger partial charge in [0.25, 0.3) is 0 Å². The van der Waals surface area contributed by atoms with Gasteiger partial charge in [-0.15, -0.1) is 0 Å². The van der Waals surface area contributed by atoms with E-state index in [4.69, 9.17) is 10.9 Å². The number of oxime groups is 1. The third kappa shape index (κ3) is 11.5. The van der Waals surface area contributed by atoms with Crippen molar-refractivity contribution in [3.63, 3.8) is 0 Å². The van der Waals surface area contributed by atoms with Gasteiger partial charge in [-0.2, -0.15) is 0 Å². The lowest BCUT2D eigenvalue weighted by Gasteiger charge is -2.12. The molecule has 0 amide bonds. The summed E-state index contributed by atoms with van der Waals surface area (Å²) in [4.78, 5) is 0. The molecule has 0 aliphatic rings. The number of nitrogens with one attached hydrogen (secondary N) is 1. The van der Waals surface area contributed by atoms with Gasteiger partial charge in [-0.3, -0.25) is 0 Å². The Kier molecular flexibility index (Phi) is 9.92. The van der Waals surface area contributed by atoms with Gasteiger partial charge in [-0.05, 0) is 25.8 Å². The Balaban J connectivity index is 3.28. The van der Waals surface area contributed by atoms with Crippen LogP contribution in [0.5, 0.6) is 0 Å². The van der Waals surface area contributed by atoms with Crippen molar-refractivity contribution in [2.24, 2.45) is 16.8 Å².